The molecule has 1 aliphatic heterocycles. The van der Waals surface area contributed by atoms with E-state index in [0.717, 1.165) is 0 Å². The Labute approximate surface area is 188 Å². The average molecular weight is 448 g/mol. The Hall–Kier alpha value is -4.40. The number of methoxy groups -OCH3 is 3. The highest BCUT2D eigenvalue weighted by atomic mass is 16.7. The van der Waals surface area contributed by atoms with Crippen LogP contribution in [0.2, 0.25) is 0 Å². The molecule has 9 heteroatoms. The second kappa shape index (κ2) is 8.27. The summed E-state index contributed by atoms with van der Waals surface area (Å²) in [6.07, 6.45) is 0. The van der Waals surface area contributed by atoms with Crippen LogP contribution in [0, 0.1) is 0 Å². The number of anilines is 1. The minimum Gasteiger partial charge on any atom is -0.493 e. The maximum absolute atomic E-state index is 12.7. The maximum Gasteiger partial charge on any atom is 0.255 e. The van der Waals surface area contributed by atoms with Crippen LogP contribution in [0.15, 0.2) is 52.9 Å². The molecule has 0 saturated heterocycles. The molecule has 0 aliphatic carbocycles. The molecule has 0 spiro atoms. The number of hydrogen-bond donors (Lipinski definition) is 1. The Kier molecular flexibility index (Phi) is 5.14. The number of rotatable bonds is 6. The number of benzene rings is 3. The molecular weight excluding hydrogens is 428 g/mol. The summed E-state index contributed by atoms with van der Waals surface area (Å²) in [6, 6.07) is 13.8. The first-order valence-corrected chi connectivity index (χ1v) is 10.0. The van der Waals surface area contributed by atoms with E-state index in [2.05, 4.69) is 10.3 Å². The summed E-state index contributed by atoms with van der Waals surface area (Å²) in [4.78, 5) is 17.3. The smallest absolute Gasteiger partial charge is 0.255 e. The first-order chi connectivity index (χ1) is 16.1. The number of carbonyl (C=O) groups is 1. The molecule has 168 valence electrons. The number of oxazole rings is 1. The van der Waals surface area contributed by atoms with Gasteiger partial charge in [0.15, 0.2) is 28.6 Å². The van der Waals surface area contributed by atoms with Gasteiger partial charge in [0, 0.05) is 16.8 Å². The van der Waals surface area contributed by atoms with Gasteiger partial charge >= 0.3 is 0 Å². The first kappa shape index (κ1) is 20.5. The normalized spacial score (nSPS) is 12.0. The number of nitrogens with one attached hydrogen (secondary N) is 1. The highest BCUT2D eigenvalue weighted by molar-refractivity contribution is 6.05. The quantitative estimate of drug-likeness (QED) is 0.460. The second-order valence-corrected chi connectivity index (χ2v) is 7.14. The van der Waals surface area contributed by atoms with E-state index in [-0.39, 0.29) is 12.7 Å². The third kappa shape index (κ3) is 3.73. The Bertz CT molecular complexity index is 1340. The molecule has 0 bridgehead atoms. The SMILES string of the molecule is COc1cc(-c2nc3cc(NC(=O)c4ccc5c(c4)OCO5)ccc3o2)cc(OC)c1OC. The number of amides is 1. The van der Waals surface area contributed by atoms with Gasteiger partial charge in [-0.3, -0.25) is 4.79 Å². The van der Waals surface area contributed by atoms with E-state index < -0.39 is 0 Å². The van der Waals surface area contributed by atoms with Crippen molar-refractivity contribution in [1.82, 2.24) is 4.98 Å². The Morgan fingerprint density at radius 1 is 0.909 bits per heavy atom. The van der Waals surface area contributed by atoms with E-state index in [1.165, 1.54) is 0 Å². The molecular formula is C24H20N2O7. The van der Waals surface area contributed by atoms with Gasteiger partial charge in [-0.25, -0.2) is 4.98 Å². The van der Waals surface area contributed by atoms with E-state index in [0.29, 0.717) is 62.6 Å². The third-order valence-corrected chi connectivity index (χ3v) is 5.19. The number of nitrogens with zero attached hydrogens (tertiary/aromatic N) is 1. The van der Waals surface area contributed by atoms with Crippen LogP contribution in [-0.2, 0) is 0 Å². The lowest BCUT2D eigenvalue weighted by Crippen LogP contribution is -2.11. The van der Waals surface area contributed by atoms with Crippen LogP contribution < -0.4 is 29.0 Å². The lowest BCUT2D eigenvalue weighted by atomic mass is 10.1. The topological polar surface area (TPSA) is 101 Å². The molecule has 1 amide bonds. The van der Waals surface area contributed by atoms with Gasteiger partial charge in [-0.1, -0.05) is 0 Å². The van der Waals surface area contributed by atoms with E-state index in [4.69, 9.17) is 28.1 Å². The molecule has 4 aromatic rings. The standard InChI is InChI=1S/C24H20N2O7/c1-28-20-9-14(10-21(29-2)22(20)30-3)24-26-16-11-15(5-7-17(16)33-24)25-23(27)13-4-6-18-19(8-13)32-12-31-18/h4-11H,12H2,1-3H3,(H,25,27). The molecule has 2 heterocycles. The third-order valence-electron chi connectivity index (χ3n) is 5.19. The van der Waals surface area contributed by atoms with Crippen LogP contribution in [0.3, 0.4) is 0 Å². The number of fused-ring (bicyclic) bond motifs is 2. The van der Waals surface area contributed by atoms with Crippen molar-refractivity contribution in [2.24, 2.45) is 0 Å². The number of ether oxygens (including phenoxy) is 5. The van der Waals surface area contributed by atoms with Crippen molar-refractivity contribution in [2.45, 2.75) is 0 Å². The molecule has 0 radical (unpaired) electrons. The van der Waals surface area contributed by atoms with Gasteiger partial charge in [-0.2, -0.15) is 0 Å². The lowest BCUT2D eigenvalue weighted by Gasteiger charge is -2.12. The molecule has 33 heavy (non-hydrogen) atoms. The van der Waals surface area contributed by atoms with Gasteiger partial charge in [-0.15, -0.1) is 0 Å². The van der Waals surface area contributed by atoms with Gasteiger partial charge in [-0.05, 0) is 48.5 Å². The minimum atomic E-state index is -0.277. The maximum atomic E-state index is 12.7. The summed E-state index contributed by atoms with van der Waals surface area (Å²) >= 11 is 0. The highest BCUT2D eigenvalue weighted by Gasteiger charge is 2.19. The van der Waals surface area contributed by atoms with Gasteiger partial charge in [0.1, 0.15) is 5.52 Å². The van der Waals surface area contributed by atoms with Gasteiger partial charge in [0.25, 0.3) is 5.91 Å². The second-order valence-electron chi connectivity index (χ2n) is 7.14. The van der Waals surface area contributed by atoms with Crippen molar-refractivity contribution < 1.29 is 32.9 Å². The fourth-order valence-electron chi connectivity index (χ4n) is 3.57. The summed E-state index contributed by atoms with van der Waals surface area (Å²) < 4.78 is 32.7. The fourth-order valence-corrected chi connectivity index (χ4v) is 3.57. The summed E-state index contributed by atoms with van der Waals surface area (Å²) in [5, 5.41) is 2.87. The van der Waals surface area contributed by atoms with Crippen LogP contribution in [0.4, 0.5) is 5.69 Å². The van der Waals surface area contributed by atoms with Crippen LogP contribution in [0.5, 0.6) is 28.7 Å². The largest absolute Gasteiger partial charge is 0.493 e. The van der Waals surface area contributed by atoms with Crippen molar-refractivity contribution in [1.29, 1.82) is 0 Å². The molecule has 0 atom stereocenters. The number of aromatic nitrogens is 1. The van der Waals surface area contributed by atoms with E-state index in [1.54, 1.807) is 69.9 Å². The average Bonchev–Trinajstić information content (AvgIpc) is 3.49. The zero-order valence-corrected chi connectivity index (χ0v) is 18.1. The number of carbonyl (C=O) groups excluding carboxylic acids is 1. The van der Waals surface area contributed by atoms with Crippen LogP contribution in [0.25, 0.3) is 22.6 Å². The van der Waals surface area contributed by atoms with Gasteiger partial charge in [0.05, 0.1) is 21.3 Å². The van der Waals surface area contributed by atoms with E-state index in [9.17, 15) is 4.79 Å². The van der Waals surface area contributed by atoms with Crippen molar-refractivity contribution in [2.75, 3.05) is 33.4 Å². The predicted molar refractivity (Wildman–Crippen MR) is 120 cm³/mol. The van der Waals surface area contributed by atoms with Crippen molar-refractivity contribution in [3.8, 4) is 40.2 Å². The van der Waals surface area contributed by atoms with Gasteiger partial charge < -0.3 is 33.4 Å². The summed E-state index contributed by atoms with van der Waals surface area (Å²) in [5.41, 5.74) is 2.85. The highest BCUT2D eigenvalue weighted by Crippen LogP contribution is 2.41. The molecule has 1 N–H and O–H groups in total. The molecule has 1 aromatic heterocycles. The summed E-state index contributed by atoms with van der Waals surface area (Å²) in [5.74, 6) is 2.73. The molecule has 9 nitrogen and oxygen atoms in total. The van der Waals surface area contributed by atoms with Crippen molar-refractivity contribution >= 4 is 22.7 Å². The Morgan fingerprint density at radius 3 is 2.39 bits per heavy atom. The zero-order valence-electron chi connectivity index (χ0n) is 18.1. The minimum absolute atomic E-state index is 0.150. The zero-order chi connectivity index (χ0) is 22.9. The molecule has 1 aliphatic rings. The Morgan fingerprint density at radius 2 is 1.67 bits per heavy atom. The van der Waals surface area contributed by atoms with Crippen molar-refractivity contribution in [3.63, 3.8) is 0 Å². The fraction of sp³-hybridized carbons (Fsp3) is 0.167. The monoisotopic (exact) mass is 448 g/mol. The molecule has 5 rings (SSSR count). The molecule has 3 aromatic carbocycles. The van der Waals surface area contributed by atoms with Crippen LogP contribution in [-0.4, -0.2) is 39.0 Å². The molecule has 0 unspecified atom stereocenters. The van der Waals surface area contributed by atoms with Crippen LogP contribution in [0.1, 0.15) is 10.4 Å². The summed E-state index contributed by atoms with van der Waals surface area (Å²) in [6.45, 7) is 0.150. The van der Waals surface area contributed by atoms with E-state index >= 15 is 0 Å². The lowest BCUT2D eigenvalue weighted by molar-refractivity contribution is 0.102. The predicted octanol–water partition coefficient (Wildman–Crippen LogP) is 4.50. The van der Waals surface area contributed by atoms with E-state index in [1.807, 2.05) is 0 Å². The molecule has 0 saturated carbocycles. The van der Waals surface area contributed by atoms with Crippen LogP contribution >= 0.6 is 0 Å². The Balaban J connectivity index is 1.43. The summed E-state index contributed by atoms with van der Waals surface area (Å²) in [7, 11) is 4.63. The molecule has 0 fully saturated rings. The number of hydrogen-bond acceptors (Lipinski definition) is 8. The van der Waals surface area contributed by atoms with Crippen molar-refractivity contribution in [3.05, 3.63) is 54.1 Å². The first-order valence-electron chi connectivity index (χ1n) is 10.0. The van der Waals surface area contributed by atoms with Gasteiger partial charge in [0.2, 0.25) is 18.4 Å².